The third kappa shape index (κ3) is 3.37. The summed E-state index contributed by atoms with van der Waals surface area (Å²) in [6.07, 6.45) is 3.55. The average molecular weight is 421 g/mol. The van der Waals surface area contributed by atoms with Gasteiger partial charge in [-0.25, -0.2) is 9.97 Å². The second-order valence-corrected chi connectivity index (χ2v) is 8.11. The van der Waals surface area contributed by atoms with Gasteiger partial charge in [0.2, 0.25) is 5.88 Å². The number of nitrogens with zero attached hydrogens (tertiary/aromatic N) is 4. The minimum absolute atomic E-state index is 0.168. The SMILES string of the molecule is COc1cccc(-c2nc3c(OC4(C)CC4)ncnc3n2Cc2ccccc2)c1Cl. The molecule has 0 radical (unpaired) electrons. The fraction of sp³-hybridized carbons (Fsp3) is 0.261. The molecule has 0 atom stereocenters. The molecular formula is C23H21ClN4O2. The minimum Gasteiger partial charge on any atom is -0.495 e. The van der Waals surface area contributed by atoms with Crippen molar-refractivity contribution in [1.29, 1.82) is 0 Å². The molecule has 0 N–H and O–H groups in total. The molecule has 0 aliphatic heterocycles. The van der Waals surface area contributed by atoms with E-state index < -0.39 is 0 Å². The van der Waals surface area contributed by atoms with Crippen LogP contribution < -0.4 is 9.47 Å². The number of hydrogen-bond acceptors (Lipinski definition) is 5. The first-order valence-corrected chi connectivity index (χ1v) is 10.2. The van der Waals surface area contributed by atoms with Gasteiger partial charge in [-0.3, -0.25) is 0 Å². The zero-order valence-electron chi connectivity index (χ0n) is 16.8. The molecule has 6 nitrogen and oxygen atoms in total. The standard InChI is InChI=1S/C23H21ClN4O2/c1-23(11-12-23)30-22-19-21(25-14-26-22)28(13-15-7-4-3-5-8-15)20(27-19)16-9-6-10-17(29-2)18(16)24/h3-10,14H,11-13H2,1-2H3. The fourth-order valence-electron chi connectivity index (χ4n) is 3.46. The fourth-order valence-corrected chi connectivity index (χ4v) is 3.75. The van der Waals surface area contributed by atoms with Crippen LogP contribution in [0.2, 0.25) is 5.02 Å². The van der Waals surface area contributed by atoms with E-state index in [1.807, 2.05) is 36.4 Å². The van der Waals surface area contributed by atoms with Crippen LogP contribution in [0, 0.1) is 0 Å². The van der Waals surface area contributed by atoms with Crippen LogP contribution in [0.4, 0.5) is 0 Å². The summed E-state index contributed by atoms with van der Waals surface area (Å²) in [5.41, 5.74) is 3.08. The lowest BCUT2D eigenvalue weighted by atomic mass is 10.2. The number of imidazole rings is 1. The van der Waals surface area contributed by atoms with Gasteiger partial charge >= 0.3 is 0 Å². The molecule has 0 amide bonds. The molecule has 0 spiro atoms. The van der Waals surface area contributed by atoms with Crippen molar-refractivity contribution >= 4 is 22.8 Å². The highest BCUT2D eigenvalue weighted by atomic mass is 35.5. The Hall–Kier alpha value is -3.12. The quantitative estimate of drug-likeness (QED) is 0.432. The topological polar surface area (TPSA) is 62.1 Å². The van der Waals surface area contributed by atoms with Crippen molar-refractivity contribution in [2.75, 3.05) is 7.11 Å². The Morgan fingerprint density at radius 3 is 2.60 bits per heavy atom. The molecule has 7 heteroatoms. The highest BCUT2D eigenvalue weighted by Gasteiger charge is 2.41. The molecule has 0 bridgehead atoms. The number of benzene rings is 2. The van der Waals surface area contributed by atoms with E-state index in [9.17, 15) is 0 Å². The lowest BCUT2D eigenvalue weighted by Crippen LogP contribution is -2.13. The number of methoxy groups -OCH3 is 1. The smallest absolute Gasteiger partial charge is 0.245 e. The number of aromatic nitrogens is 4. The molecule has 30 heavy (non-hydrogen) atoms. The van der Waals surface area contributed by atoms with Gasteiger partial charge in [-0.05, 0) is 37.5 Å². The van der Waals surface area contributed by atoms with Gasteiger partial charge in [0, 0.05) is 5.56 Å². The van der Waals surface area contributed by atoms with Crippen molar-refractivity contribution in [3.8, 4) is 23.0 Å². The van der Waals surface area contributed by atoms with Crippen LogP contribution in [0.3, 0.4) is 0 Å². The summed E-state index contributed by atoms with van der Waals surface area (Å²) in [6.45, 7) is 2.68. The van der Waals surface area contributed by atoms with Crippen molar-refractivity contribution in [3.05, 3.63) is 65.4 Å². The van der Waals surface area contributed by atoms with Crippen molar-refractivity contribution in [3.63, 3.8) is 0 Å². The van der Waals surface area contributed by atoms with Gasteiger partial charge in [0.05, 0.1) is 18.7 Å². The molecule has 2 aromatic carbocycles. The molecule has 152 valence electrons. The van der Waals surface area contributed by atoms with Crippen molar-refractivity contribution < 1.29 is 9.47 Å². The van der Waals surface area contributed by atoms with Gasteiger partial charge < -0.3 is 14.0 Å². The van der Waals surface area contributed by atoms with Gasteiger partial charge in [-0.2, -0.15) is 4.98 Å². The number of fused-ring (bicyclic) bond motifs is 1. The lowest BCUT2D eigenvalue weighted by molar-refractivity contribution is 0.194. The predicted molar refractivity (Wildman–Crippen MR) is 116 cm³/mol. The zero-order chi connectivity index (χ0) is 20.7. The van der Waals surface area contributed by atoms with Crippen LogP contribution in [0.5, 0.6) is 11.6 Å². The van der Waals surface area contributed by atoms with E-state index in [0.29, 0.717) is 40.2 Å². The van der Waals surface area contributed by atoms with Gasteiger partial charge in [0.1, 0.15) is 23.5 Å². The maximum absolute atomic E-state index is 6.66. The van der Waals surface area contributed by atoms with E-state index in [0.717, 1.165) is 24.0 Å². The Balaban J connectivity index is 1.72. The van der Waals surface area contributed by atoms with E-state index in [1.165, 1.54) is 6.33 Å². The average Bonchev–Trinajstić information content (AvgIpc) is 3.37. The predicted octanol–water partition coefficient (Wildman–Crippen LogP) is 5.13. The van der Waals surface area contributed by atoms with Gasteiger partial charge in [0.15, 0.2) is 11.2 Å². The van der Waals surface area contributed by atoms with Crippen LogP contribution in [0.1, 0.15) is 25.3 Å². The second-order valence-electron chi connectivity index (χ2n) is 7.73. The molecule has 4 aromatic rings. The maximum Gasteiger partial charge on any atom is 0.245 e. The molecule has 2 heterocycles. The van der Waals surface area contributed by atoms with Crippen molar-refractivity contribution in [1.82, 2.24) is 19.5 Å². The summed E-state index contributed by atoms with van der Waals surface area (Å²) in [6, 6.07) is 15.9. The molecule has 0 unspecified atom stereocenters. The summed E-state index contributed by atoms with van der Waals surface area (Å²) in [7, 11) is 1.60. The highest BCUT2D eigenvalue weighted by Crippen LogP contribution is 2.42. The van der Waals surface area contributed by atoms with E-state index >= 15 is 0 Å². The van der Waals surface area contributed by atoms with Crippen molar-refractivity contribution in [2.45, 2.75) is 31.9 Å². The Morgan fingerprint density at radius 1 is 1.07 bits per heavy atom. The number of ether oxygens (including phenoxy) is 2. The lowest BCUT2D eigenvalue weighted by Gasteiger charge is -2.12. The first-order valence-electron chi connectivity index (χ1n) is 9.85. The van der Waals surface area contributed by atoms with Gasteiger partial charge in [0.25, 0.3) is 0 Å². The van der Waals surface area contributed by atoms with Crippen LogP contribution in [-0.2, 0) is 6.54 Å². The molecule has 1 aliphatic carbocycles. The first-order chi connectivity index (χ1) is 14.6. The Kier molecular flexibility index (Phi) is 4.59. The molecular weight excluding hydrogens is 400 g/mol. The van der Waals surface area contributed by atoms with E-state index in [-0.39, 0.29) is 5.60 Å². The van der Waals surface area contributed by atoms with Crippen LogP contribution >= 0.6 is 11.6 Å². The molecule has 1 fully saturated rings. The van der Waals surface area contributed by atoms with Crippen molar-refractivity contribution in [2.24, 2.45) is 0 Å². The summed E-state index contributed by atoms with van der Waals surface area (Å²) < 4.78 is 13.6. The number of halogens is 1. The van der Waals surface area contributed by atoms with E-state index in [4.69, 9.17) is 26.1 Å². The maximum atomic E-state index is 6.66. The Labute approximate surface area is 179 Å². The Bertz CT molecular complexity index is 1220. The van der Waals surface area contributed by atoms with Gasteiger partial charge in [-0.1, -0.05) is 48.0 Å². The summed E-state index contributed by atoms with van der Waals surface area (Å²) in [5, 5.41) is 0.509. The zero-order valence-corrected chi connectivity index (χ0v) is 17.6. The number of rotatable bonds is 6. The highest BCUT2D eigenvalue weighted by molar-refractivity contribution is 6.34. The third-order valence-electron chi connectivity index (χ3n) is 5.40. The van der Waals surface area contributed by atoms with E-state index in [1.54, 1.807) is 7.11 Å². The van der Waals surface area contributed by atoms with Crippen LogP contribution in [0.15, 0.2) is 54.9 Å². The molecule has 1 aliphatic rings. The van der Waals surface area contributed by atoms with Crippen LogP contribution in [-0.4, -0.2) is 32.2 Å². The summed E-state index contributed by atoms with van der Waals surface area (Å²) >= 11 is 6.66. The summed E-state index contributed by atoms with van der Waals surface area (Å²) in [4.78, 5) is 13.8. The number of hydrogen-bond donors (Lipinski definition) is 0. The largest absolute Gasteiger partial charge is 0.495 e. The van der Waals surface area contributed by atoms with Gasteiger partial charge in [-0.15, -0.1) is 0 Å². The minimum atomic E-state index is -0.168. The summed E-state index contributed by atoms with van der Waals surface area (Å²) in [5.74, 6) is 1.80. The molecule has 1 saturated carbocycles. The van der Waals surface area contributed by atoms with Crippen LogP contribution in [0.25, 0.3) is 22.6 Å². The second kappa shape index (κ2) is 7.29. The normalized spacial score (nSPS) is 14.6. The first kappa shape index (κ1) is 18.9. The Morgan fingerprint density at radius 2 is 1.87 bits per heavy atom. The third-order valence-corrected chi connectivity index (χ3v) is 5.79. The monoisotopic (exact) mass is 420 g/mol. The van der Waals surface area contributed by atoms with E-state index in [2.05, 4.69) is 33.6 Å². The molecule has 2 aromatic heterocycles. The molecule has 0 saturated heterocycles. The molecule has 5 rings (SSSR count).